The Kier molecular flexibility index (Phi) is 3.92. The maximum Gasteiger partial charge on any atom is 0.227 e. The first kappa shape index (κ1) is 15.1. The van der Waals surface area contributed by atoms with Crippen LogP contribution in [0.25, 0.3) is 0 Å². The Morgan fingerprint density at radius 3 is 2.54 bits per heavy atom. The summed E-state index contributed by atoms with van der Waals surface area (Å²) in [5.74, 6) is 1.77. The molecule has 5 heteroatoms. The zero-order valence-electron chi connectivity index (χ0n) is 13.9. The molecular weight excluding hydrogens is 304 g/mol. The van der Waals surface area contributed by atoms with Crippen molar-refractivity contribution in [2.45, 2.75) is 19.4 Å². The van der Waals surface area contributed by atoms with Crippen molar-refractivity contribution in [3.8, 4) is 5.75 Å². The summed E-state index contributed by atoms with van der Waals surface area (Å²) in [6.07, 6.45) is 4.12. The second-order valence-electron chi connectivity index (χ2n) is 6.58. The van der Waals surface area contributed by atoms with E-state index in [0.29, 0.717) is 12.3 Å². The van der Waals surface area contributed by atoms with Gasteiger partial charge in [0.2, 0.25) is 11.2 Å². The Bertz CT molecular complexity index is 782. The second kappa shape index (κ2) is 6.23. The van der Waals surface area contributed by atoms with Crippen LogP contribution in [0.3, 0.4) is 0 Å². The molecule has 0 bridgehead atoms. The minimum atomic E-state index is -0.139. The van der Waals surface area contributed by atoms with Crippen molar-refractivity contribution in [3.63, 3.8) is 0 Å². The fraction of sp³-hybridized carbons (Fsp3) is 0.421. The largest absolute Gasteiger partial charge is 0.490 e. The topological polar surface area (TPSA) is 45.9 Å². The molecule has 0 unspecified atom stereocenters. The minimum Gasteiger partial charge on any atom is -0.490 e. The highest BCUT2D eigenvalue weighted by Gasteiger charge is 2.29. The van der Waals surface area contributed by atoms with E-state index in [1.165, 1.54) is 43.7 Å². The number of ether oxygens (including phenoxy) is 1. The summed E-state index contributed by atoms with van der Waals surface area (Å²) in [6, 6.07) is 10.0. The van der Waals surface area contributed by atoms with Gasteiger partial charge in [0, 0.05) is 25.7 Å². The molecule has 126 valence electrons. The molecule has 4 rings (SSSR count). The molecule has 1 fully saturated rings. The average molecular weight is 326 g/mol. The molecule has 0 N–H and O–H groups in total. The molecule has 1 aliphatic carbocycles. The van der Waals surface area contributed by atoms with Crippen LogP contribution in [0.4, 0.5) is 11.4 Å². The monoisotopic (exact) mass is 326 g/mol. The van der Waals surface area contributed by atoms with Gasteiger partial charge in [-0.3, -0.25) is 4.79 Å². The molecule has 0 atom stereocenters. The highest BCUT2D eigenvalue weighted by atomic mass is 16.5. The molecule has 0 spiro atoms. The maximum atomic E-state index is 11.9. The maximum absolute atomic E-state index is 11.9. The third-order valence-corrected chi connectivity index (χ3v) is 4.80. The lowest BCUT2D eigenvalue weighted by Gasteiger charge is -2.38. The normalized spacial score (nSPS) is 16.9. The van der Waals surface area contributed by atoms with Crippen molar-refractivity contribution in [1.82, 2.24) is 0 Å². The third-order valence-electron chi connectivity index (χ3n) is 4.80. The fourth-order valence-corrected chi connectivity index (χ4v) is 3.31. The Labute approximate surface area is 141 Å². The van der Waals surface area contributed by atoms with Gasteiger partial charge in [0.25, 0.3) is 0 Å². The number of benzene rings is 1. The van der Waals surface area contributed by atoms with Crippen molar-refractivity contribution in [2.75, 3.05) is 36.5 Å². The SMILES string of the molecule is COc1coc(CN2CCN(CC3CC3)c3ccccc32)cc1=O. The van der Waals surface area contributed by atoms with E-state index in [2.05, 4.69) is 34.1 Å². The Balaban J connectivity index is 1.57. The predicted molar refractivity (Wildman–Crippen MR) is 94.0 cm³/mol. The van der Waals surface area contributed by atoms with Crippen molar-refractivity contribution < 1.29 is 9.15 Å². The molecule has 1 saturated carbocycles. The number of fused-ring (bicyclic) bond motifs is 1. The third kappa shape index (κ3) is 2.98. The van der Waals surface area contributed by atoms with Crippen molar-refractivity contribution in [1.29, 1.82) is 0 Å². The number of nitrogens with zero attached hydrogens (tertiary/aromatic N) is 2. The number of para-hydroxylation sites is 2. The van der Waals surface area contributed by atoms with Gasteiger partial charge in [-0.15, -0.1) is 0 Å². The summed E-state index contributed by atoms with van der Waals surface area (Å²) in [5.41, 5.74) is 2.36. The zero-order chi connectivity index (χ0) is 16.5. The molecule has 24 heavy (non-hydrogen) atoms. The van der Waals surface area contributed by atoms with E-state index in [1.807, 2.05) is 0 Å². The smallest absolute Gasteiger partial charge is 0.227 e. The van der Waals surface area contributed by atoms with Crippen LogP contribution in [0.5, 0.6) is 5.75 Å². The summed E-state index contributed by atoms with van der Waals surface area (Å²) in [5, 5.41) is 0. The van der Waals surface area contributed by atoms with Crippen LogP contribution in [0.2, 0.25) is 0 Å². The minimum absolute atomic E-state index is 0.139. The molecule has 1 aromatic heterocycles. The van der Waals surface area contributed by atoms with Gasteiger partial charge in [-0.05, 0) is 30.9 Å². The van der Waals surface area contributed by atoms with Gasteiger partial charge in [-0.2, -0.15) is 0 Å². The van der Waals surface area contributed by atoms with E-state index in [9.17, 15) is 4.79 Å². The summed E-state index contributed by atoms with van der Waals surface area (Å²) < 4.78 is 10.5. The number of hydrogen-bond donors (Lipinski definition) is 0. The number of hydrogen-bond acceptors (Lipinski definition) is 5. The standard InChI is InChI=1S/C19H22N2O3/c1-23-19-13-24-15(10-18(19)22)12-21-9-8-20(11-14-6-7-14)16-4-2-3-5-17(16)21/h2-5,10,13-14H,6-9,11-12H2,1H3. The number of anilines is 2. The second-order valence-corrected chi connectivity index (χ2v) is 6.58. The van der Waals surface area contributed by atoms with E-state index in [-0.39, 0.29) is 11.2 Å². The fourth-order valence-electron chi connectivity index (χ4n) is 3.31. The average Bonchev–Trinajstić information content (AvgIpc) is 3.41. The van der Waals surface area contributed by atoms with Gasteiger partial charge in [0.05, 0.1) is 25.0 Å². The van der Waals surface area contributed by atoms with Crippen molar-refractivity contribution in [2.24, 2.45) is 5.92 Å². The van der Waals surface area contributed by atoms with Crippen LogP contribution in [-0.2, 0) is 6.54 Å². The highest BCUT2D eigenvalue weighted by molar-refractivity contribution is 5.73. The van der Waals surface area contributed by atoms with Gasteiger partial charge in [-0.1, -0.05) is 12.1 Å². The molecule has 2 aromatic rings. The van der Waals surface area contributed by atoms with Crippen LogP contribution in [0, 0.1) is 5.92 Å². The van der Waals surface area contributed by atoms with Crippen LogP contribution in [0.15, 0.2) is 45.8 Å². The molecule has 5 nitrogen and oxygen atoms in total. The first-order valence-electron chi connectivity index (χ1n) is 8.49. The molecule has 1 aromatic carbocycles. The first-order chi connectivity index (χ1) is 11.7. The van der Waals surface area contributed by atoms with Crippen LogP contribution < -0.4 is 20.0 Å². The molecule has 0 amide bonds. The van der Waals surface area contributed by atoms with Crippen molar-refractivity contribution in [3.05, 3.63) is 52.6 Å². The van der Waals surface area contributed by atoms with Crippen LogP contribution >= 0.6 is 0 Å². The molecule has 2 aliphatic rings. The van der Waals surface area contributed by atoms with Crippen molar-refractivity contribution >= 4 is 11.4 Å². The predicted octanol–water partition coefficient (Wildman–Crippen LogP) is 2.89. The number of rotatable bonds is 5. The van der Waals surface area contributed by atoms with Gasteiger partial charge in [0.1, 0.15) is 12.0 Å². The van der Waals surface area contributed by atoms with Gasteiger partial charge in [0.15, 0.2) is 0 Å². The van der Waals surface area contributed by atoms with E-state index >= 15 is 0 Å². The summed E-state index contributed by atoms with van der Waals surface area (Å²) >= 11 is 0. The molecule has 2 heterocycles. The molecular formula is C19H22N2O3. The lowest BCUT2D eigenvalue weighted by atomic mass is 10.1. The molecule has 0 saturated heterocycles. The summed E-state index contributed by atoms with van der Waals surface area (Å²) in [7, 11) is 1.47. The van der Waals surface area contributed by atoms with E-state index < -0.39 is 0 Å². The summed E-state index contributed by atoms with van der Waals surface area (Å²) in [6.45, 7) is 3.68. The lowest BCUT2D eigenvalue weighted by Crippen LogP contribution is -2.41. The molecule has 0 radical (unpaired) electrons. The van der Waals surface area contributed by atoms with Gasteiger partial charge >= 0.3 is 0 Å². The van der Waals surface area contributed by atoms with Gasteiger partial charge in [-0.25, -0.2) is 0 Å². The van der Waals surface area contributed by atoms with Crippen LogP contribution in [0.1, 0.15) is 18.6 Å². The highest BCUT2D eigenvalue weighted by Crippen LogP contribution is 2.37. The first-order valence-corrected chi connectivity index (χ1v) is 8.49. The number of methoxy groups -OCH3 is 1. The Morgan fingerprint density at radius 2 is 1.88 bits per heavy atom. The van der Waals surface area contributed by atoms with Gasteiger partial charge < -0.3 is 19.0 Å². The van der Waals surface area contributed by atoms with E-state index in [1.54, 1.807) is 0 Å². The van der Waals surface area contributed by atoms with E-state index in [4.69, 9.17) is 9.15 Å². The Hall–Kier alpha value is -2.43. The van der Waals surface area contributed by atoms with E-state index in [0.717, 1.165) is 25.6 Å². The Morgan fingerprint density at radius 1 is 1.17 bits per heavy atom. The summed E-state index contributed by atoms with van der Waals surface area (Å²) in [4.78, 5) is 16.7. The lowest BCUT2D eigenvalue weighted by molar-refractivity contribution is 0.377. The van der Waals surface area contributed by atoms with Crippen LogP contribution in [-0.4, -0.2) is 26.7 Å². The zero-order valence-corrected chi connectivity index (χ0v) is 13.9. The quantitative estimate of drug-likeness (QED) is 0.845. The molecule has 1 aliphatic heterocycles.